The van der Waals surface area contributed by atoms with E-state index in [0.717, 1.165) is 17.6 Å². The van der Waals surface area contributed by atoms with Crippen molar-refractivity contribution in [1.29, 1.82) is 0 Å². The summed E-state index contributed by atoms with van der Waals surface area (Å²) < 4.78 is 1.20. The summed E-state index contributed by atoms with van der Waals surface area (Å²) in [5.74, 6) is -0.148. The SMILES string of the molecule is CCC(NC(=O)c1ccccn1)c1[nH]c2ccc(I)cc2c1C. The fraction of sp³-hybridized carbons (Fsp3) is 0.222. The van der Waals surface area contributed by atoms with Crippen molar-refractivity contribution in [2.75, 3.05) is 0 Å². The summed E-state index contributed by atoms with van der Waals surface area (Å²) in [6, 6.07) is 11.6. The van der Waals surface area contributed by atoms with Gasteiger partial charge < -0.3 is 10.3 Å². The van der Waals surface area contributed by atoms with Gasteiger partial charge in [0, 0.05) is 26.4 Å². The van der Waals surface area contributed by atoms with Crippen LogP contribution in [0, 0.1) is 10.5 Å². The zero-order chi connectivity index (χ0) is 16.4. The summed E-state index contributed by atoms with van der Waals surface area (Å²) in [5, 5.41) is 4.29. The Morgan fingerprint density at radius 2 is 2.17 bits per heavy atom. The Morgan fingerprint density at radius 3 is 2.87 bits per heavy atom. The predicted molar refractivity (Wildman–Crippen MR) is 100 cm³/mol. The number of aromatic nitrogens is 2. The van der Waals surface area contributed by atoms with E-state index in [2.05, 4.69) is 69.9 Å². The van der Waals surface area contributed by atoms with Gasteiger partial charge in [-0.1, -0.05) is 13.0 Å². The minimum Gasteiger partial charge on any atom is -0.356 e. The van der Waals surface area contributed by atoms with Gasteiger partial charge in [-0.3, -0.25) is 9.78 Å². The molecule has 0 bridgehead atoms. The highest BCUT2D eigenvalue weighted by Crippen LogP contribution is 2.28. The largest absolute Gasteiger partial charge is 0.356 e. The number of aromatic amines is 1. The van der Waals surface area contributed by atoms with Crippen LogP contribution in [-0.2, 0) is 0 Å². The van der Waals surface area contributed by atoms with Gasteiger partial charge >= 0.3 is 0 Å². The van der Waals surface area contributed by atoms with E-state index in [0.29, 0.717) is 5.69 Å². The molecule has 0 aliphatic heterocycles. The molecule has 0 aliphatic rings. The maximum atomic E-state index is 12.4. The third-order valence-electron chi connectivity index (χ3n) is 4.02. The van der Waals surface area contributed by atoms with Crippen LogP contribution in [-0.4, -0.2) is 15.9 Å². The van der Waals surface area contributed by atoms with Crippen molar-refractivity contribution >= 4 is 39.4 Å². The number of nitrogens with one attached hydrogen (secondary N) is 2. The number of hydrogen-bond acceptors (Lipinski definition) is 2. The quantitative estimate of drug-likeness (QED) is 0.618. The Balaban J connectivity index is 1.92. The van der Waals surface area contributed by atoms with Gasteiger partial charge in [-0.25, -0.2) is 0 Å². The van der Waals surface area contributed by atoms with Crippen LogP contribution in [0.25, 0.3) is 10.9 Å². The van der Waals surface area contributed by atoms with E-state index in [4.69, 9.17) is 0 Å². The normalized spacial score (nSPS) is 12.3. The highest BCUT2D eigenvalue weighted by atomic mass is 127. The molecule has 0 radical (unpaired) electrons. The maximum Gasteiger partial charge on any atom is 0.270 e. The highest BCUT2D eigenvalue weighted by molar-refractivity contribution is 14.1. The number of aryl methyl sites for hydroxylation is 1. The van der Waals surface area contributed by atoms with Crippen molar-refractivity contribution in [3.8, 4) is 0 Å². The van der Waals surface area contributed by atoms with Gasteiger partial charge in [0.1, 0.15) is 5.69 Å². The number of carbonyl (C=O) groups excluding carboxylic acids is 1. The number of pyridine rings is 1. The molecule has 3 rings (SSSR count). The lowest BCUT2D eigenvalue weighted by Gasteiger charge is -2.16. The van der Waals surface area contributed by atoms with Crippen molar-refractivity contribution in [3.63, 3.8) is 0 Å². The molecule has 1 amide bonds. The topological polar surface area (TPSA) is 57.8 Å². The van der Waals surface area contributed by atoms with E-state index < -0.39 is 0 Å². The molecule has 2 N–H and O–H groups in total. The van der Waals surface area contributed by atoms with Crippen molar-refractivity contribution in [2.45, 2.75) is 26.3 Å². The van der Waals surface area contributed by atoms with Crippen LogP contribution in [0.5, 0.6) is 0 Å². The Hall–Kier alpha value is -1.89. The van der Waals surface area contributed by atoms with E-state index in [1.54, 1.807) is 18.3 Å². The number of hydrogen-bond donors (Lipinski definition) is 2. The molecular weight excluding hydrogens is 401 g/mol. The monoisotopic (exact) mass is 419 g/mol. The maximum absolute atomic E-state index is 12.4. The van der Waals surface area contributed by atoms with Gasteiger partial charge in [-0.05, 0) is 71.8 Å². The van der Waals surface area contributed by atoms with E-state index in [1.165, 1.54) is 14.5 Å². The van der Waals surface area contributed by atoms with Gasteiger partial charge in [-0.2, -0.15) is 0 Å². The first-order valence-electron chi connectivity index (χ1n) is 7.59. The summed E-state index contributed by atoms with van der Waals surface area (Å²) in [4.78, 5) is 20.0. The van der Waals surface area contributed by atoms with Crippen LogP contribution in [0.4, 0.5) is 0 Å². The summed E-state index contributed by atoms with van der Waals surface area (Å²) in [5.41, 5.74) is 3.79. The Labute approximate surface area is 148 Å². The second kappa shape index (κ2) is 6.70. The third kappa shape index (κ3) is 3.24. The third-order valence-corrected chi connectivity index (χ3v) is 4.69. The molecule has 3 aromatic rings. The molecule has 1 unspecified atom stereocenters. The molecule has 23 heavy (non-hydrogen) atoms. The minimum atomic E-state index is -0.148. The number of fused-ring (bicyclic) bond motifs is 1. The average molecular weight is 419 g/mol. The summed E-state index contributed by atoms with van der Waals surface area (Å²) in [6.45, 7) is 4.16. The predicted octanol–water partition coefficient (Wildman–Crippen LogP) is 4.36. The van der Waals surface area contributed by atoms with Gasteiger partial charge in [0.15, 0.2) is 0 Å². The average Bonchev–Trinajstić information content (AvgIpc) is 2.90. The van der Waals surface area contributed by atoms with E-state index in [9.17, 15) is 4.79 Å². The number of H-pyrrole nitrogens is 1. The zero-order valence-corrected chi connectivity index (χ0v) is 15.2. The lowest BCUT2D eigenvalue weighted by Crippen LogP contribution is -2.29. The Morgan fingerprint density at radius 1 is 1.35 bits per heavy atom. The van der Waals surface area contributed by atoms with Crippen LogP contribution in [0.3, 0.4) is 0 Å². The molecule has 0 saturated carbocycles. The van der Waals surface area contributed by atoms with Crippen molar-refractivity contribution in [2.24, 2.45) is 0 Å². The smallest absolute Gasteiger partial charge is 0.270 e. The molecule has 2 heterocycles. The number of halogens is 1. The molecule has 2 aromatic heterocycles. The first kappa shape index (κ1) is 16.0. The van der Waals surface area contributed by atoms with Crippen LogP contribution in [0.1, 0.15) is 41.1 Å². The molecule has 1 aromatic carbocycles. The van der Waals surface area contributed by atoms with E-state index in [-0.39, 0.29) is 11.9 Å². The lowest BCUT2D eigenvalue weighted by molar-refractivity contribution is 0.0929. The molecule has 0 spiro atoms. The minimum absolute atomic E-state index is 0.0606. The lowest BCUT2D eigenvalue weighted by atomic mass is 10.1. The first-order valence-corrected chi connectivity index (χ1v) is 8.67. The second-order valence-electron chi connectivity index (χ2n) is 5.50. The van der Waals surface area contributed by atoms with Crippen LogP contribution < -0.4 is 5.32 Å². The molecule has 5 heteroatoms. The number of nitrogens with zero attached hydrogens (tertiary/aromatic N) is 1. The Kier molecular flexibility index (Phi) is 4.66. The second-order valence-corrected chi connectivity index (χ2v) is 6.75. The zero-order valence-electron chi connectivity index (χ0n) is 13.1. The Bertz CT molecular complexity index is 842. The van der Waals surface area contributed by atoms with Crippen LogP contribution >= 0.6 is 22.6 Å². The molecular formula is C18H18IN3O. The molecule has 0 aliphatic carbocycles. The van der Waals surface area contributed by atoms with Crippen molar-refractivity contribution in [1.82, 2.24) is 15.3 Å². The molecule has 1 atom stereocenters. The summed E-state index contributed by atoms with van der Waals surface area (Å²) in [7, 11) is 0. The summed E-state index contributed by atoms with van der Waals surface area (Å²) in [6.07, 6.45) is 2.44. The fourth-order valence-corrected chi connectivity index (χ4v) is 3.27. The molecule has 4 nitrogen and oxygen atoms in total. The first-order chi connectivity index (χ1) is 11.1. The number of carbonyl (C=O) groups is 1. The van der Waals surface area contributed by atoms with Gasteiger partial charge in [0.2, 0.25) is 0 Å². The van der Waals surface area contributed by atoms with Gasteiger partial charge in [0.05, 0.1) is 6.04 Å². The van der Waals surface area contributed by atoms with Crippen LogP contribution in [0.15, 0.2) is 42.6 Å². The van der Waals surface area contributed by atoms with Crippen LogP contribution in [0.2, 0.25) is 0 Å². The number of benzene rings is 1. The number of amides is 1. The van der Waals surface area contributed by atoms with Crippen molar-refractivity contribution < 1.29 is 4.79 Å². The van der Waals surface area contributed by atoms with E-state index >= 15 is 0 Å². The van der Waals surface area contributed by atoms with Gasteiger partial charge in [0.25, 0.3) is 5.91 Å². The molecule has 0 saturated heterocycles. The van der Waals surface area contributed by atoms with Crippen molar-refractivity contribution in [3.05, 3.63) is 63.1 Å². The fourth-order valence-electron chi connectivity index (χ4n) is 2.78. The summed E-state index contributed by atoms with van der Waals surface area (Å²) >= 11 is 2.32. The standard InChI is InChI=1S/C18H18IN3O/c1-3-14(22-18(23)16-6-4-5-9-20-16)17-11(2)13-10-12(19)7-8-15(13)21-17/h4-10,14,21H,3H2,1-2H3,(H,22,23). The number of rotatable bonds is 4. The highest BCUT2D eigenvalue weighted by Gasteiger charge is 2.19. The van der Waals surface area contributed by atoms with E-state index in [1.807, 2.05) is 6.07 Å². The molecule has 0 fully saturated rings. The van der Waals surface area contributed by atoms with Gasteiger partial charge in [-0.15, -0.1) is 0 Å². The molecule has 118 valence electrons.